The van der Waals surface area contributed by atoms with Crippen LogP contribution in [0.25, 0.3) is 0 Å². The van der Waals surface area contributed by atoms with Crippen molar-refractivity contribution in [1.82, 2.24) is 0 Å². The van der Waals surface area contributed by atoms with E-state index in [0.29, 0.717) is 18.1 Å². The lowest BCUT2D eigenvalue weighted by molar-refractivity contribution is -0.147. The van der Waals surface area contributed by atoms with Crippen LogP contribution >= 0.6 is 0 Å². The lowest BCUT2D eigenvalue weighted by Gasteiger charge is -2.24. The van der Waals surface area contributed by atoms with Crippen LogP contribution < -0.4 is 9.47 Å². The van der Waals surface area contributed by atoms with Gasteiger partial charge in [0, 0.05) is 18.6 Å². The molecule has 0 heterocycles. The molecule has 2 atom stereocenters. The van der Waals surface area contributed by atoms with Crippen LogP contribution in [-0.2, 0) is 25.7 Å². The molecule has 3 aromatic rings. The molecule has 6 heteroatoms. The Balaban J connectivity index is 1.84. The minimum Gasteiger partial charge on any atom is -0.489 e. The average Bonchev–Trinajstić information content (AvgIpc) is 2.90. The predicted octanol–water partition coefficient (Wildman–Crippen LogP) is 5.99. The number of aryl methyl sites for hydroxylation is 1. The quantitative estimate of drug-likeness (QED) is 0.230. The summed E-state index contributed by atoms with van der Waals surface area (Å²) in [6, 6.07) is 25.2. The first kappa shape index (κ1) is 26.5. The number of methoxy groups -OCH3 is 1. The van der Waals surface area contributed by atoms with Gasteiger partial charge in [0.05, 0.1) is 19.6 Å². The van der Waals surface area contributed by atoms with Gasteiger partial charge in [0.2, 0.25) is 0 Å². The van der Waals surface area contributed by atoms with E-state index < -0.39 is 24.0 Å². The summed E-state index contributed by atoms with van der Waals surface area (Å²) >= 11 is 0. The Morgan fingerprint density at radius 2 is 1.64 bits per heavy atom. The zero-order valence-corrected chi connectivity index (χ0v) is 20.9. The molecule has 36 heavy (non-hydrogen) atoms. The van der Waals surface area contributed by atoms with Crippen molar-refractivity contribution in [3.05, 3.63) is 108 Å². The van der Waals surface area contributed by atoms with E-state index in [1.54, 1.807) is 6.92 Å². The summed E-state index contributed by atoms with van der Waals surface area (Å²) in [5.74, 6) is -0.396. The molecule has 0 aliphatic heterocycles. The zero-order valence-electron chi connectivity index (χ0n) is 20.9. The van der Waals surface area contributed by atoms with Crippen LogP contribution in [0.1, 0.15) is 36.1 Å². The first-order valence-electron chi connectivity index (χ1n) is 11.9. The van der Waals surface area contributed by atoms with E-state index >= 15 is 0 Å². The highest BCUT2D eigenvalue weighted by molar-refractivity contribution is 5.83. The number of hydrogen-bond donors (Lipinski definition) is 0. The average molecular weight is 489 g/mol. The highest BCUT2D eigenvalue weighted by Crippen LogP contribution is 2.32. The Morgan fingerprint density at radius 3 is 2.36 bits per heavy atom. The fraction of sp³-hybridized carbons (Fsp3) is 0.267. The molecule has 0 bridgehead atoms. The summed E-state index contributed by atoms with van der Waals surface area (Å²) in [6.07, 6.45) is 2.55. The van der Waals surface area contributed by atoms with Gasteiger partial charge in [0.15, 0.2) is 0 Å². The van der Waals surface area contributed by atoms with Crippen molar-refractivity contribution in [2.75, 3.05) is 13.7 Å². The van der Waals surface area contributed by atoms with E-state index in [0.717, 1.165) is 16.7 Å². The van der Waals surface area contributed by atoms with Crippen molar-refractivity contribution < 1.29 is 28.5 Å². The van der Waals surface area contributed by atoms with Crippen molar-refractivity contribution in [2.45, 2.75) is 33.0 Å². The number of rotatable bonds is 12. The third-order valence-electron chi connectivity index (χ3n) is 5.59. The topological polar surface area (TPSA) is 71.1 Å². The third kappa shape index (κ3) is 8.01. The summed E-state index contributed by atoms with van der Waals surface area (Å²) in [6.45, 7) is 4.41. The predicted molar refractivity (Wildman–Crippen MR) is 138 cm³/mol. The van der Waals surface area contributed by atoms with Crippen LogP contribution in [0.4, 0.5) is 0 Å². The summed E-state index contributed by atoms with van der Waals surface area (Å²) in [4.78, 5) is 24.4. The largest absolute Gasteiger partial charge is 0.489 e. The zero-order chi connectivity index (χ0) is 25.8. The van der Waals surface area contributed by atoms with Gasteiger partial charge in [-0.2, -0.15) is 0 Å². The highest BCUT2D eigenvalue weighted by Gasteiger charge is 2.26. The van der Waals surface area contributed by atoms with Crippen LogP contribution in [0.5, 0.6) is 11.5 Å². The van der Waals surface area contributed by atoms with Gasteiger partial charge in [-0.05, 0) is 42.7 Å². The standard InChI is InChI=1S/C30H32O6/c1-4-34-30(32)24(17-18-29(31)33-3)19-28(27-16-9-8-11-22(27)2)36-26-15-10-14-25(20-26)35-21-23-12-6-5-7-13-23/h5-18,20,24,28H,4,19,21H2,1-3H3. The SMILES string of the molecule is CCOC(=O)C(C=CC(=O)OC)CC(Oc1cccc(OCc2ccccc2)c1)c1ccccc1C. The summed E-state index contributed by atoms with van der Waals surface area (Å²) in [5, 5.41) is 0. The molecule has 0 N–H and O–H groups in total. The monoisotopic (exact) mass is 488 g/mol. The molecule has 6 nitrogen and oxygen atoms in total. The number of carbonyl (C=O) groups excluding carboxylic acids is 2. The maximum atomic E-state index is 12.7. The number of esters is 2. The Morgan fingerprint density at radius 1 is 0.917 bits per heavy atom. The summed E-state index contributed by atoms with van der Waals surface area (Å²) in [7, 11) is 1.29. The second kappa shape index (κ2) is 13.7. The fourth-order valence-electron chi connectivity index (χ4n) is 3.73. The minimum absolute atomic E-state index is 0.234. The van der Waals surface area contributed by atoms with E-state index in [9.17, 15) is 9.59 Å². The first-order chi connectivity index (χ1) is 17.5. The van der Waals surface area contributed by atoms with E-state index in [2.05, 4.69) is 4.74 Å². The van der Waals surface area contributed by atoms with E-state index in [1.807, 2.05) is 85.8 Å². The molecule has 3 rings (SSSR count). The molecular formula is C30H32O6. The van der Waals surface area contributed by atoms with Crippen LogP contribution in [-0.4, -0.2) is 25.7 Å². The van der Waals surface area contributed by atoms with Crippen molar-refractivity contribution in [3.8, 4) is 11.5 Å². The molecule has 0 saturated heterocycles. The second-order valence-corrected chi connectivity index (χ2v) is 8.19. The Kier molecular flexibility index (Phi) is 10.1. The third-order valence-corrected chi connectivity index (χ3v) is 5.59. The van der Waals surface area contributed by atoms with Gasteiger partial charge in [0.1, 0.15) is 24.2 Å². The molecule has 0 amide bonds. The summed E-state index contributed by atoms with van der Waals surface area (Å²) < 4.78 is 22.3. The summed E-state index contributed by atoms with van der Waals surface area (Å²) in [5.41, 5.74) is 3.03. The first-order valence-corrected chi connectivity index (χ1v) is 11.9. The second-order valence-electron chi connectivity index (χ2n) is 8.19. The van der Waals surface area contributed by atoms with Crippen LogP contribution in [0.2, 0.25) is 0 Å². The van der Waals surface area contributed by atoms with Gasteiger partial charge in [0.25, 0.3) is 0 Å². The van der Waals surface area contributed by atoms with Crippen molar-refractivity contribution in [1.29, 1.82) is 0 Å². The van der Waals surface area contributed by atoms with Gasteiger partial charge in [-0.25, -0.2) is 4.79 Å². The number of ether oxygens (including phenoxy) is 4. The van der Waals surface area contributed by atoms with E-state index in [1.165, 1.54) is 19.3 Å². The normalized spacial score (nSPS) is 12.5. The molecule has 0 saturated carbocycles. The lowest BCUT2D eigenvalue weighted by atomic mass is 9.93. The minimum atomic E-state index is -0.703. The Hall–Kier alpha value is -4.06. The van der Waals surface area contributed by atoms with Gasteiger partial charge < -0.3 is 18.9 Å². The molecule has 188 valence electrons. The molecule has 0 aromatic heterocycles. The molecule has 3 aromatic carbocycles. The molecule has 0 spiro atoms. The molecule has 0 fully saturated rings. The molecule has 0 aliphatic rings. The molecule has 0 radical (unpaired) electrons. The number of benzene rings is 3. The Labute approximate surface area is 212 Å². The van der Waals surface area contributed by atoms with Crippen LogP contribution in [0.3, 0.4) is 0 Å². The van der Waals surface area contributed by atoms with Crippen molar-refractivity contribution in [2.24, 2.45) is 5.92 Å². The van der Waals surface area contributed by atoms with Crippen molar-refractivity contribution >= 4 is 11.9 Å². The van der Waals surface area contributed by atoms with E-state index in [4.69, 9.17) is 14.2 Å². The molecule has 0 aliphatic carbocycles. The maximum absolute atomic E-state index is 12.7. The maximum Gasteiger partial charge on any atom is 0.330 e. The van der Waals surface area contributed by atoms with Crippen LogP contribution in [0, 0.1) is 12.8 Å². The van der Waals surface area contributed by atoms with Gasteiger partial charge in [-0.1, -0.05) is 66.7 Å². The van der Waals surface area contributed by atoms with Gasteiger partial charge in [-0.3, -0.25) is 4.79 Å². The van der Waals surface area contributed by atoms with E-state index in [-0.39, 0.29) is 13.0 Å². The van der Waals surface area contributed by atoms with Gasteiger partial charge in [-0.15, -0.1) is 0 Å². The Bertz CT molecular complexity index is 1150. The molecule has 2 unspecified atom stereocenters. The lowest BCUT2D eigenvalue weighted by Crippen LogP contribution is -2.22. The number of hydrogen-bond acceptors (Lipinski definition) is 6. The number of carbonyl (C=O) groups is 2. The van der Waals surface area contributed by atoms with Gasteiger partial charge >= 0.3 is 11.9 Å². The fourth-order valence-corrected chi connectivity index (χ4v) is 3.73. The van der Waals surface area contributed by atoms with Crippen LogP contribution in [0.15, 0.2) is 91.0 Å². The smallest absolute Gasteiger partial charge is 0.330 e. The molecular weight excluding hydrogens is 456 g/mol. The van der Waals surface area contributed by atoms with Crippen molar-refractivity contribution in [3.63, 3.8) is 0 Å². The highest BCUT2D eigenvalue weighted by atomic mass is 16.5.